The van der Waals surface area contributed by atoms with Crippen LogP contribution in [-0.2, 0) is 4.79 Å². The van der Waals surface area contributed by atoms with Crippen molar-refractivity contribution in [3.63, 3.8) is 0 Å². The number of ether oxygens (including phenoxy) is 1. The van der Waals surface area contributed by atoms with Gasteiger partial charge in [0.1, 0.15) is 5.75 Å². The van der Waals surface area contributed by atoms with Crippen LogP contribution >= 0.6 is 11.8 Å². The van der Waals surface area contributed by atoms with Crippen molar-refractivity contribution in [1.82, 2.24) is 4.90 Å². The SMILES string of the molecule is COc1cccc(N2CCN(CCC(=O)Nc3ccccc3SC)CC2)c1. The second kappa shape index (κ2) is 9.67. The molecule has 1 saturated heterocycles. The summed E-state index contributed by atoms with van der Waals surface area (Å²) in [6.07, 6.45) is 2.54. The third-order valence-corrected chi connectivity index (χ3v) is 5.62. The van der Waals surface area contributed by atoms with Gasteiger partial charge in [-0.3, -0.25) is 9.69 Å². The minimum Gasteiger partial charge on any atom is -0.497 e. The first-order chi connectivity index (χ1) is 13.2. The maximum Gasteiger partial charge on any atom is 0.225 e. The minimum absolute atomic E-state index is 0.0757. The van der Waals surface area contributed by atoms with Gasteiger partial charge in [0.25, 0.3) is 0 Å². The molecule has 6 heteroatoms. The summed E-state index contributed by atoms with van der Waals surface area (Å²) in [4.78, 5) is 18.1. The molecule has 5 nitrogen and oxygen atoms in total. The van der Waals surface area contributed by atoms with E-state index in [1.54, 1.807) is 18.9 Å². The predicted molar refractivity (Wildman–Crippen MR) is 113 cm³/mol. The van der Waals surface area contributed by atoms with Gasteiger partial charge in [0, 0.05) is 55.8 Å². The molecule has 3 rings (SSSR count). The Morgan fingerprint density at radius 1 is 1.11 bits per heavy atom. The van der Waals surface area contributed by atoms with Gasteiger partial charge in [-0.2, -0.15) is 0 Å². The van der Waals surface area contributed by atoms with Gasteiger partial charge in [-0.1, -0.05) is 18.2 Å². The third kappa shape index (κ3) is 5.40. The molecular weight excluding hydrogens is 358 g/mol. The molecular formula is C21H27N3O2S. The molecule has 2 aromatic carbocycles. The first-order valence-corrected chi connectivity index (χ1v) is 10.5. The van der Waals surface area contributed by atoms with Gasteiger partial charge in [0.2, 0.25) is 5.91 Å². The van der Waals surface area contributed by atoms with Crippen LogP contribution in [0.15, 0.2) is 53.4 Å². The summed E-state index contributed by atoms with van der Waals surface area (Å²) in [6.45, 7) is 4.64. The number of carbonyl (C=O) groups is 1. The van der Waals surface area contributed by atoms with Crippen LogP contribution in [-0.4, -0.2) is 56.9 Å². The highest BCUT2D eigenvalue weighted by atomic mass is 32.2. The van der Waals surface area contributed by atoms with Crippen LogP contribution in [0.4, 0.5) is 11.4 Å². The van der Waals surface area contributed by atoms with Gasteiger partial charge in [-0.15, -0.1) is 11.8 Å². The molecule has 1 amide bonds. The number of nitrogens with zero attached hydrogens (tertiary/aromatic N) is 2. The molecule has 0 radical (unpaired) electrons. The Morgan fingerprint density at radius 2 is 1.89 bits per heavy atom. The molecule has 1 fully saturated rings. The molecule has 1 aliphatic heterocycles. The van der Waals surface area contributed by atoms with Gasteiger partial charge in [0.05, 0.1) is 12.8 Å². The Morgan fingerprint density at radius 3 is 2.63 bits per heavy atom. The highest BCUT2D eigenvalue weighted by molar-refractivity contribution is 7.98. The Bertz CT molecular complexity index is 761. The zero-order valence-corrected chi connectivity index (χ0v) is 16.8. The van der Waals surface area contributed by atoms with Gasteiger partial charge in [0.15, 0.2) is 0 Å². The fourth-order valence-corrected chi connectivity index (χ4v) is 3.81. The first-order valence-electron chi connectivity index (χ1n) is 9.24. The quantitative estimate of drug-likeness (QED) is 0.738. The van der Waals surface area contributed by atoms with E-state index in [0.717, 1.165) is 49.1 Å². The van der Waals surface area contributed by atoms with Crippen LogP contribution in [0.5, 0.6) is 5.75 Å². The molecule has 0 saturated carbocycles. The number of hydrogen-bond donors (Lipinski definition) is 1. The number of carbonyl (C=O) groups excluding carboxylic acids is 1. The highest BCUT2D eigenvalue weighted by Gasteiger charge is 2.18. The van der Waals surface area contributed by atoms with Crippen molar-refractivity contribution in [3.8, 4) is 5.75 Å². The average molecular weight is 386 g/mol. The van der Waals surface area contributed by atoms with Crippen molar-refractivity contribution in [1.29, 1.82) is 0 Å². The van der Waals surface area contributed by atoms with Crippen LogP contribution < -0.4 is 15.0 Å². The molecule has 0 unspecified atom stereocenters. The number of amides is 1. The summed E-state index contributed by atoms with van der Waals surface area (Å²) in [6, 6.07) is 16.1. The topological polar surface area (TPSA) is 44.8 Å². The standard InChI is InChI=1S/C21H27N3O2S/c1-26-18-7-5-6-17(16-18)24-14-12-23(13-15-24)11-10-21(25)22-19-8-3-4-9-20(19)27-2/h3-9,16H,10-15H2,1-2H3,(H,22,25). The van der Waals surface area contributed by atoms with Crippen LogP contribution in [0.25, 0.3) is 0 Å². The largest absolute Gasteiger partial charge is 0.497 e. The summed E-state index contributed by atoms with van der Waals surface area (Å²) in [5.74, 6) is 0.962. The zero-order valence-electron chi connectivity index (χ0n) is 16.0. The Hall–Kier alpha value is -2.18. The predicted octanol–water partition coefficient (Wildman–Crippen LogP) is 3.57. The van der Waals surface area contributed by atoms with Crippen molar-refractivity contribution in [2.45, 2.75) is 11.3 Å². The second-order valence-electron chi connectivity index (χ2n) is 6.53. The number of hydrogen-bond acceptors (Lipinski definition) is 5. The van der Waals surface area contributed by atoms with Crippen molar-refractivity contribution in [2.24, 2.45) is 0 Å². The number of anilines is 2. The summed E-state index contributed by atoms with van der Waals surface area (Å²) in [7, 11) is 1.69. The van der Waals surface area contributed by atoms with E-state index in [9.17, 15) is 4.79 Å². The molecule has 0 atom stereocenters. The lowest BCUT2D eigenvalue weighted by Gasteiger charge is -2.36. The molecule has 0 spiro atoms. The van der Waals surface area contributed by atoms with E-state index in [0.29, 0.717) is 6.42 Å². The van der Waals surface area contributed by atoms with Gasteiger partial charge >= 0.3 is 0 Å². The molecule has 0 aliphatic carbocycles. The van der Waals surface area contributed by atoms with E-state index < -0.39 is 0 Å². The van der Waals surface area contributed by atoms with Gasteiger partial charge in [-0.05, 0) is 30.5 Å². The molecule has 27 heavy (non-hydrogen) atoms. The summed E-state index contributed by atoms with van der Waals surface area (Å²) in [5, 5.41) is 3.04. The summed E-state index contributed by atoms with van der Waals surface area (Å²) < 4.78 is 5.31. The number of piperazine rings is 1. The first kappa shape index (κ1) is 19.6. The smallest absolute Gasteiger partial charge is 0.225 e. The molecule has 144 valence electrons. The van der Waals surface area contributed by atoms with Crippen molar-refractivity contribution >= 4 is 29.0 Å². The van der Waals surface area contributed by atoms with E-state index in [2.05, 4.69) is 27.2 Å². The van der Waals surface area contributed by atoms with Crippen molar-refractivity contribution in [2.75, 3.05) is 56.3 Å². The molecule has 0 bridgehead atoms. The lowest BCUT2D eigenvalue weighted by molar-refractivity contribution is -0.116. The number of methoxy groups -OCH3 is 1. The molecule has 0 aromatic heterocycles. The number of rotatable bonds is 7. The Balaban J connectivity index is 1.44. The molecule has 1 N–H and O–H groups in total. The van der Waals surface area contributed by atoms with Crippen LogP contribution in [0.1, 0.15) is 6.42 Å². The third-order valence-electron chi connectivity index (χ3n) is 4.83. The number of thioether (sulfide) groups is 1. The second-order valence-corrected chi connectivity index (χ2v) is 7.38. The maximum atomic E-state index is 12.3. The van der Waals surface area contributed by atoms with Crippen molar-refractivity contribution in [3.05, 3.63) is 48.5 Å². The lowest BCUT2D eigenvalue weighted by Crippen LogP contribution is -2.47. The lowest BCUT2D eigenvalue weighted by atomic mass is 10.2. The summed E-state index contributed by atoms with van der Waals surface area (Å²) in [5.41, 5.74) is 2.10. The molecule has 1 heterocycles. The van der Waals surface area contributed by atoms with E-state index in [1.807, 2.05) is 42.7 Å². The van der Waals surface area contributed by atoms with E-state index in [-0.39, 0.29) is 5.91 Å². The van der Waals surface area contributed by atoms with E-state index in [1.165, 1.54) is 5.69 Å². The zero-order chi connectivity index (χ0) is 19.1. The fourth-order valence-electron chi connectivity index (χ4n) is 3.26. The van der Waals surface area contributed by atoms with Crippen molar-refractivity contribution < 1.29 is 9.53 Å². The number of para-hydroxylation sites is 1. The van der Waals surface area contributed by atoms with Gasteiger partial charge in [-0.25, -0.2) is 0 Å². The monoisotopic (exact) mass is 385 g/mol. The Kier molecular flexibility index (Phi) is 7.01. The van der Waals surface area contributed by atoms with Crippen LogP contribution in [0.2, 0.25) is 0 Å². The molecule has 2 aromatic rings. The fraction of sp³-hybridized carbons (Fsp3) is 0.381. The van der Waals surface area contributed by atoms with E-state index in [4.69, 9.17) is 4.74 Å². The minimum atomic E-state index is 0.0757. The maximum absolute atomic E-state index is 12.3. The van der Waals surface area contributed by atoms with Crippen LogP contribution in [0, 0.1) is 0 Å². The Labute approximate surface area is 165 Å². The van der Waals surface area contributed by atoms with Crippen LogP contribution in [0.3, 0.4) is 0 Å². The average Bonchev–Trinajstić information content (AvgIpc) is 2.73. The van der Waals surface area contributed by atoms with E-state index >= 15 is 0 Å². The highest BCUT2D eigenvalue weighted by Crippen LogP contribution is 2.25. The number of benzene rings is 2. The normalized spacial score (nSPS) is 14.8. The number of nitrogens with one attached hydrogen (secondary N) is 1. The summed E-state index contributed by atoms with van der Waals surface area (Å²) >= 11 is 1.64. The molecule has 1 aliphatic rings. The van der Waals surface area contributed by atoms with Gasteiger partial charge < -0.3 is 15.0 Å².